The molecule has 1 rings (SSSR count). The summed E-state index contributed by atoms with van der Waals surface area (Å²) < 4.78 is 0. The molecule has 0 nitrogen and oxygen atoms in total. The zero-order valence-electron chi connectivity index (χ0n) is 10.3. The van der Waals surface area contributed by atoms with E-state index in [0.29, 0.717) is 16.1 Å². The number of hydrogen-bond donors (Lipinski definition) is 0. The summed E-state index contributed by atoms with van der Waals surface area (Å²) in [6, 6.07) is 0. The molecule has 90 valence electrons. The Bertz CT molecular complexity index is 193. The van der Waals surface area contributed by atoms with Crippen LogP contribution in [0.4, 0.5) is 0 Å². The van der Waals surface area contributed by atoms with Gasteiger partial charge in [0, 0.05) is 10.2 Å². The quantitative estimate of drug-likeness (QED) is 0.492. The Kier molecular flexibility index (Phi) is 5.45. The highest BCUT2D eigenvalue weighted by Gasteiger charge is 2.32. The van der Waals surface area contributed by atoms with Gasteiger partial charge in [0.1, 0.15) is 0 Å². The second kappa shape index (κ2) is 5.91. The molecule has 0 N–H and O–H groups in total. The van der Waals surface area contributed by atoms with Crippen LogP contribution in [0.3, 0.4) is 0 Å². The topological polar surface area (TPSA) is 0 Å². The minimum absolute atomic E-state index is 0.305. The van der Waals surface area contributed by atoms with Gasteiger partial charge in [0.15, 0.2) is 0 Å². The van der Waals surface area contributed by atoms with E-state index in [0.717, 1.165) is 17.8 Å². The summed E-state index contributed by atoms with van der Waals surface area (Å²) in [6.45, 7) is 9.23. The largest absolute Gasteiger partial charge is 0.123 e. The molecule has 0 bridgehead atoms. The molecule has 1 saturated carbocycles. The van der Waals surface area contributed by atoms with Crippen molar-refractivity contribution in [2.24, 2.45) is 23.7 Å². The molecule has 0 aromatic rings. The lowest BCUT2D eigenvalue weighted by molar-refractivity contribution is 0.230. The highest BCUT2D eigenvalue weighted by atomic mass is 79.9. The lowest BCUT2D eigenvalue weighted by atomic mass is 9.78. The predicted molar refractivity (Wildman–Crippen MR) is 72.9 cm³/mol. The Morgan fingerprint density at radius 2 is 1.73 bits per heavy atom. The second-order valence-corrected chi connectivity index (χ2v) is 7.35. The molecule has 0 spiro atoms. The highest BCUT2D eigenvalue weighted by molar-refractivity contribution is 9.09. The number of rotatable bonds is 2. The monoisotopic (exact) mass is 294 g/mol. The fraction of sp³-hybridized carbons (Fsp3) is 1.00. The SMILES string of the molecule is C[C@H]1C[C@H](C)[C@@H](Br)CCC1[C@H](C)[C@@H](C)Cl. The summed E-state index contributed by atoms with van der Waals surface area (Å²) in [5.41, 5.74) is 0. The molecular weight excluding hydrogens is 271 g/mol. The van der Waals surface area contributed by atoms with Crippen LogP contribution in [0.1, 0.15) is 47.0 Å². The summed E-state index contributed by atoms with van der Waals surface area (Å²) in [5.74, 6) is 3.08. The zero-order valence-corrected chi connectivity index (χ0v) is 12.7. The molecule has 1 fully saturated rings. The third kappa shape index (κ3) is 3.63. The van der Waals surface area contributed by atoms with E-state index in [1.54, 1.807) is 0 Å². The van der Waals surface area contributed by atoms with Crippen molar-refractivity contribution >= 4 is 27.5 Å². The molecule has 15 heavy (non-hydrogen) atoms. The van der Waals surface area contributed by atoms with Gasteiger partial charge in [0.05, 0.1) is 0 Å². The van der Waals surface area contributed by atoms with Gasteiger partial charge in [-0.1, -0.05) is 36.7 Å². The fourth-order valence-electron chi connectivity index (χ4n) is 2.95. The Morgan fingerprint density at radius 3 is 2.27 bits per heavy atom. The molecule has 1 aliphatic rings. The Morgan fingerprint density at radius 1 is 1.13 bits per heavy atom. The first-order chi connectivity index (χ1) is 6.93. The van der Waals surface area contributed by atoms with Crippen molar-refractivity contribution in [1.82, 2.24) is 0 Å². The molecule has 1 aliphatic carbocycles. The van der Waals surface area contributed by atoms with Crippen molar-refractivity contribution < 1.29 is 0 Å². The molecule has 0 amide bonds. The van der Waals surface area contributed by atoms with Gasteiger partial charge in [-0.25, -0.2) is 0 Å². The van der Waals surface area contributed by atoms with Crippen molar-refractivity contribution in [3.63, 3.8) is 0 Å². The van der Waals surface area contributed by atoms with Crippen molar-refractivity contribution in [3.8, 4) is 0 Å². The third-order valence-corrected chi connectivity index (χ3v) is 6.03. The van der Waals surface area contributed by atoms with E-state index in [2.05, 4.69) is 43.6 Å². The normalized spacial score (nSPS) is 42.0. The smallest absolute Gasteiger partial charge is 0.0336 e. The van der Waals surface area contributed by atoms with Gasteiger partial charge < -0.3 is 0 Å². The Balaban J connectivity index is 2.65. The maximum atomic E-state index is 6.24. The van der Waals surface area contributed by atoms with Crippen LogP contribution >= 0.6 is 27.5 Å². The number of halogens is 2. The average Bonchev–Trinajstić information content (AvgIpc) is 2.27. The van der Waals surface area contributed by atoms with Gasteiger partial charge in [-0.3, -0.25) is 0 Å². The molecular formula is C13H24BrCl. The molecule has 0 heterocycles. The minimum Gasteiger partial charge on any atom is -0.123 e. The molecule has 2 heteroatoms. The second-order valence-electron chi connectivity index (χ2n) is 5.48. The standard InChI is InChI=1S/C13H24BrCl/c1-8-7-9(2)13(14)6-5-12(8)10(3)11(4)15/h8-13H,5-7H2,1-4H3/t8-,9-,10+,11+,12?,13-/m0/s1. The van der Waals surface area contributed by atoms with Crippen LogP contribution in [-0.4, -0.2) is 10.2 Å². The first-order valence-corrected chi connectivity index (χ1v) is 7.56. The first-order valence-electron chi connectivity index (χ1n) is 6.21. The molecule has 6 atom stereocenters. The molecule has 0 aromatic heterocycles. The highest BCUT2D eigenvalue weighted by Crippen LogP contribution is 2.40. The van der Waals surface area contributed by atoms with Gasteiger partial charge in [-0.2, -0.15) is 0 Å². The van der Waals surface area contributed by atoms with Crippen LogP contribution in [0.15, 0.2) is 0 Å². The summed E-state index contributed by atoms with van der Waals surface area (Å²) in [6.07, 6.45) is 3.98. The first kappa shape index (κ1) is 13.8. The molecule has 0 saturated heterocycles. The van der Waals surface area contributed by atoms with E-state index in [1.807, 2.05) is 0 Å². The van der Waals surface area contributed by atoms with Gasteiger partial charge in [0.25, 0.3) is 0 Å². The number of alkyl halides is 2. The molecule has 0 radical (unpaired) electrons. The summed E-state index contributed by atoms with van der Waals surface area (Å²) >= 11 is 10.1. The van der Waals surface area contributed by atoms with Gasteiger partial charge in [-0.05, 0) is 49.9 Å². The van der Waals surface area contributed by atoms with Crippen molar-refractivity contribution in [1.29, 1.82) is 0 Å². The summed E-state index contributed by atoms with van der Waals surface area (Å²) in [4.78, 5) is 0.711. The van der Waals surface area contributed by atoms with Crippen LogP contribution in [0.5, 0.6) is 0 Å². The van der Waals surface area contributed by atoms with E-state index in [4.69, 9.17) is 11.6 Å². The van der Waals surface area contributed by atoms with Crippen LogP contribution in [-0.2, 0) is 0 Å². The average molecular weight is 296 g/mol. The van der Waals surface area contributed by atoms with E-state index < -0.39 is 0 Å². The maximum absolute atomic E-state index is 6.24. The summed E-state index contributed by atoms with van der Waals surface area (Å²) in [5, 5.41) is 0.305. The molecule has 0 aromatic carbocycles. The van der Waals surface area contributed by atoms with Crippen molar-refractivity contribution in [2.45, 2.75) is 57.2 Å². The van der Waals surface area contributed by atoms with E-state index >= 15 is 0 Å². The lowest BCUT2D eigenvalue weighted by Crippen LogP contribution is -2.24. The van der Waals surface area contributed by atoms with Crippen LogP contribution in [0.25, 0.3) is 0 Å². The van der Waals surface area contributed by atoms with E-state index in [9.17, 15) is 0 Å². The maximum Gasteiger partial charge on any atom is 0.0336 e. The summed E-state index contributed by atoms with van der Waals surface area (Å²) in [7, 11) is 0. The van der Waals surface area contributed by atoms with Gasteiger partial charge in [0.2, 0.25) is 0 Å². The Labute approximate surface area is 108 Å². The van der Waals surface area contributed by atoms with Gasteiger partial charge >= 0.3 is 0 Å². The van der Waals surface area contributed by atoms with E-state index in [1.165, 1.54) is 19.3 Å². The van der Waals surface area contributed by atoms with Crippen LogP contribution in [0, 0.1) is 23.7 Å². The van der Waals surface area contributed by atoms with Crippen molar-refractivity contribution in [2.75, 3.05) is 0 Å². The lowest BCUT2D eigenvalue weighted by Gasteiger charge is -2.30. The number of hydrogen-bond acceptors (Lipinski definition) is 0. The zero-order chi connectivity index (χ0) is 11.6. The third-order valence-electron chi connectivity index (χ3n) is 4.27. The Hall–Kier alpha value is 0.770. The molecule has 1 unspecified atom stereocenters. The van der Waals surface area contributed by atoms with Crippen LogP contribution in [0.2, 0.25) is 0 Å². The van der Waals surface area contributed by atoms with E-state index in [-0.39, 0.29) is 0 Å². The fourth-order valence-corrected chi connectivity index (χ4v) is 3.62. The molecule has 0 aliphatic heterocycles. The minimum atomic E-state index is 0.305. The predicted octanol–water partition coefficient (Wildman–Crippen LogP) is 5.09. The van der Waals surface area contributed by atoms with Gasteiger partial charge in [-0.15, -0.1) is 11.6 Å². The van der Waals surface area contributed by atoms with Crippen molar-refractivity contribution in [3.05, 3.63) is 0 Å². The van der Waals surface area contributed by atoms with Crippen LogP contribution < -0.4 is 0 Å².